The maximum atomic E-state index is 12.8. The average molecular weight is 946 g/mol. The third-order valence-electron chi connectivity index (χ3n) is 11.9. The summed E-state index contributed by atoms with van der Waals surface area (Å²) in [6.45, 7) is 6.44. The van der Waals surface area contributed by atoms with Crippen LogP contribution in [0.2, 0.25) is 0 Å². The molecule has 0 heterocycles. The summed E-state index contributed by atoms with van der Waals surface area (Å²) in [5.41, 5.74) is 0. The molecule has 388 valence electrons. The largest absolute Gasteiger partial charge is 0.462 e. The highest BCUT2D eigenvalue weighted by molar-refractivity contribution is 5.71. The summed E-state index contributed by atoms with van der Waals surface area (Å²) < 4.78 is 16.8. The van der Waals surface area contributed by atoms with E-state index in [9.17, 15) is 14.4 Å². The van der Waals surface area contributed by atoms with Gasteiger partial charge in [0.15, 0.2) is 6.10 Å². The van der Waals surface area contributed by atoms with Gasteiger partial charge < -0.3 is 14.2 Å². The van der Waals surface area contributed by atoms with Gasteiger partial charge in [-0.15, -0.1) is 0 Å². The number of hydrogen-bond donors (Lipinski definition) is 0. The smallest absolute Gasteiger partial charge is 0.306 e. The number of unbranched alkanes of at least 4 members (excludes halogenated alkanes) is 24. The second kappa shape index (κ2) is 55.9. The van der Waals surface area contributed by atoms with Crippen molar-refractivity contribution in [2.45, 2.75) is 264 Å². The highest BCUT2D eigenvalue weighted by Crippen LogP contribution is 2.15. The number of allylic oxidation sites excluding steroid dienone is 16. The van der Waals surface area contributed by atoms with Crippen molar-refractivity contribution >= 4 is 17.9 Å². The van der Waals surface area contributed by atoms with Crippen LogP contribution in [0.15, 0.2) is 97.2 Å². The van der Waals surface area contributed by atoms with Crippen LogP contribution in [-0.4, -0.2) is 37.2 Å². The van der Waals surface area contributed by atoms with Crippen molar-refractivity contribution in [3.05, 3.63) is 97.2 Å². The first-order valence-electron chi connectivity index (χ1n) is 28.3. The lowest BCUT2D eigenvalue weighted by atomic mass is 10.0. The van der Waals surface area contributed by atoms with Crippen LogP contribution in [0.1, 0.15) is 258 Å². The Labute approximate surface area is 419 Å². The summed E-state index contributed by atoms with van der Waals surface area (Å²) in [5, 5.41) is 0. The van der Waals surface area contributed by atoms with Crippen LogP contribution in [0.25, 0.3) is 0 Å². The molecule has 0 bridgehead atoms. The summed E-state index contributed by atoms with van der Waals surface area (Å²) in [4.78, 5) is 38.1. The van der Waals surface area contributed by atoms with Crippen LogP contribution in [0, 0.1) is 0 Å². The van der Waals surface area contributed by atoms with Gasteiger partial charge in [0.25, 0.3) is 0 Å². The fraction of sp³-hybridized carbons (Fsp3) is 0.694. The van der Waals surface area contributed by atoms with Gasteiger partial charge in [-0.25, -0.2) is 0 Å². The lowest BCUT2D eigenvalue weighted by molar-refractivity contribution is -0.166. The van der Waals surface area contributed by atoms with Crippen LogP contribution in [-0.2, 0) is 28.6 Å². The normalized spacial score (nSPS) is 12.8. The zero-order valence-corrected chi connectivity index (χ0v) is 44.3. The molecule has 0 aliphatic rings. The van der Waals surface area contributed by atoms with Gasteiger partial charge in [-0.1, -0.05) is 253 Å². The standard InChI is InChI=1S/C62H104O6/c1-4-7-10-13-16-19-22-25-28-30-31-32-35-37-40-43-46-49-52-55-61(64)67-58-59(57-66-60(63)54-51-48-45-42-39-36-33-27-24-21-18-15-12-9-6-3)68-62(65)56-53-50-47-44-41-38-34-29-26-23-20-17-14-11-8-5-2/h7,10,16,19,25,28-29,31-32,34,37-38,40-41,46,49,59H,4-6,8-9,11-15,17-18,20-24,26-27,30,33,35-36,39,42-45,47-48,50-58H2,1-3H3/b10-7-,19-16-,28-25-,32-31-,34-29-,40-37-,41-38-,49-46-. The van der Waals surface area contributed by atoms with Crippen LogP contribution < -0.4 is 0 Å². The molecule has 0 aliphatic heterocycles. The molecule has 0 saturated carbocycles. The Morgan fingerprint density at radius 2 is 0.647 bits per heavy atom. The van der Waals surface area contributed by atoms with E-state index in [4.69, 9.17) is 14.2 Å². The van der Waals surface area contributed by atoms with Crippen LogP contribution in [0.5, 0.6) is 0 Å². The van der Waals surface area contributed by atoms with Crippen molar-refractivity contribution in [1.29, 1.82) is 0 Å². The van der Waals surface area contributed by atoms with Crippen LogP contribution in [0.3, 0.4) is 0 Å². The molecule has 0 amide bonds. The quantitative estimate of drug-likeness (QED) is 0.0199. The maximum absolute atomic E-state index is 12.8. The topological polar surface area (TPSA) is 78.9 Å². The summed E-state index contributed by atoms with van der Waals surface area (Å²) >= 11 is 0. The molecule has 0 saturated heterocycles. The lowest BCUT2D eigenvalue weighted by Crippen LogP contribution is -2.30. The van der Waals surface area contributed by atoms with Crippen molar-refractivity contribution in [3.63, 3.8) is 0 Å². The Balaban J connectivity index is 4.54. The Morgan fingerprint density at radius 1 is 0.324 bits per heavy atom. The predicted octanol–water partition coefficient (Wildman–Crippen LogP) is 18.9. The molecular weight excluding hydrogens is 841 g/mol. The van der Waals surface area contributed by atoms with E-state index in [2.05, 4.69) is 112 Å². The third-order valence-corrected chi connectivity index (χ3v) is 11.9. The molecule has 0 rings (SSSR count). The highest BCUT2D eigenvalue weighted by Gasteiger charge is 2.19. The Hall–Kier alpha value is -3.67. The molecule has 1 unspecified atom stereocenters. The summed E-state index contributed by atoms with van der Waals surface area (Å²) in [6.07, 6.45) is 74.1. The van der Waals surface area contributed by atoms with E-state index < -0.39 is 6.10 Å². The first-order chi connectivity index (χ1) is 33.5. The van der Waals surface area contributed by atoms with Gasteiger partial charge in [-0.3, -0.25) is 14.4 Å². The van der Waals surface area contributed by atoms with Crippen LogP contribution in [0.4, 0.5) is 0 Å². The number of ether oxygens (including phenoxy) is 3. The van der Waals surface area contributed by atoms with Crippen molar-refractivity contribution in [2.24, 2.45) is 0 Å². The van der Waals surface area contributed by atoms with Crippen molar-refractivity contribution in [1.82, 2.24) is 0 Å². The van der Waals surface area contributed by atoms with Gasteiger partial charge in [-0.2, -0.15) is 0 Å². The fourth-order valence-electron chi connectivity index (χ4n) is 7.64. The number of carbonyl (C=O) groups excluding carboxylic acids is 3. The molecule has 0 aliphatic carbocycles. The second-order valence-corrected chi connectivity index (χ2v) is 18.5. The summed E-state index contributed by atoms with van der Waals surface area (Å²) in [7, 11) is 0. The number of carbonyl (C=O) groups is 3. The first-order valence-corrected chi connectivity index (χ1v) is 28.3. The van der Waals surface area contributed by atoms with E-state index >= 15 is 0 Å². The Morgan fingerprint density at radius 3 is 1.06 bits per heavy atom. The Kier molecular flexibility index (Phi) is 52.9. The number of rotatable bonds is 50. The van der Waals surface area contributed by atoms with Crippen molar-refractivity contribution < 1.29 is 28.6 Å². The van der Waals surface area contributed by atoms with E-state index in [0.717, 1.165) is 89.9 Å². The molecule has 0 aromatic heterocycles. The Bertz CT molecular complexity index is 1360. The van der Waals surface area contributed by atoms with E-state index in [1.165, 1.54) is 122 Å². The molecule has 0 N–H and O–H groups in total. The molecule has 6 nitrogen and oxygen atoms in total. The predicted molar refractivity (Wildman–Crippen MR) is 293 cm³/mol. The first kappa shape index (κ1) is 64.3. The van der Waals surface area contributed by atoms with E-state index in [-0.39, 0.29) is 44.0 Å². The molecule has 6 heteroatoms. The molecule has 0 aromatic carbocycles. The average Bonchev–Trinajstić information content (AvgIpc) is 3.34. The maximum Gasteiger partial charge on any atom is 0.306 e. The van der Waals surface area contributed by atoms with Gasteiger partial charge in [0, 0.05) is 19.3 Å². The molecule has 68 heavy (non-hydrogen) atoms. The van der Waals surface area contributed by atoms with Gasteiger partial charge in [-0.05, 0) is 83.5 Å². The SMILES string of the molecule is CC/C=C\C/C=C\C/C=C\C/C=C\C/C=C\C/C=C\CCC(=O)OCC(COC(=O)CCCCCCCCCCCCCCCCC)OC(=O)CCCCC/C=C\C=C/CCCCCCCCC. The monoisotopic (exact) mass is 945 g/mol. The van der Waals surface area contributed by atoms with E-state index in [1.54, 1.807) is 0 Å². The van der Waals surface area contributed by atoms with Crippen molar-refractivity contribution in [2.75, 3.05) is 13.2 Å². The fourth-order valence-corrected chi connectivity index (χ4v) is 7.64. The van der Waals surface area contributed by atoms with E-state index in [0.29, 0.717) is 12.8 Å². The van der Waals surface area contributed by atoms with Gasteiger partial charge in [0.1, 0.15) is 13.2 Å². The zero-order valence-electron chi connectivity index (χ0n) is 44.3. The molecule has 0 fully saturated rings. The van der Waals surface area contributed by atoms with Crippen molar-refractivity contribution in [3.8, 4) is 0 Å². The highest BCUT2D eigenvalue weighted by atomic mass is 16.6. The van der Waals surface area contributed by atoms with Crippen LogP contribution >= 0.6 is 0 Å². The van der Waals surface area contributed by atoms with Gasteiger partial charge in [0.2, 0.25) is 0 Å². The minimum atomic E-state index is -0.821. The lowest BCUT2D eigenvalue weighted by Gasteiger charge is -2.18. The van der Waals surface area contributed by atoms with E-state index in [1.807, 2.05) is 6.08 Å². The second-order valence-electron chi connectivity index (χ2n) is 18.5. The number of hydrogen-bond acceptors (Lipinski definition) is 6. The minimum Gasteiger partial charge on any atom is -0.462 e. The molecule has 0 spiro atoms. The zero-order chi connectivity index (χ0) is 49.3. The molecule has 1 atom stereocenters. The summed E-state index contributed by atoms with van der Waals surface area (Å²) in [5.74, 6) is -1.02. The molecule has 0 aromatic rings. The molecular formula is C62H104O6. The molecule has 0 radical (unpaired) electrons. The number of esters is 3. The van der Waals surface area contributed by atoms with Gasteiger partial charge >= 0.3 is 17.9 Å². The minimum absolute atomic E-state index is 0.110. The van der Waals surface area contributed by atoms with Gasteiger partial charge in [0.05, 0.1) is 0 Å². The third kappa shape index (κ3) is 53.3. The summed E-state index contributed by atoms with van der Waals surface area (Å²) in [6, 6.07) is 0.